The van der Waals surface area contributed by atoms with E-state index in [1.807, 2.05) is 11.8 Å². The summed E-state index contributed by atoms with van der Waals surface area (Å²) < 4.78 is 10.3. The monoisotopic (exact) mass is 187 g/mol. The fraction of sp³-hybridized carbons (Fsp3) is 0.889. The number of amides is 1. The molecule has 4 nitrogen and oxygen atoms in total. The molecule has 0 radical (unpaired) electrons. The van der Waals surface area contributed by atoms with Crippen LogP contribution in [0.3, 0.4) is 0 Å². The lowest BCUT2D eigenvalue weighted by Crippen LogP contribution is -2.35. The number of rotatable bonds is 3. The lowest BCUT2D eigenvalue weighted by Gasteiger charge is -2.19. The molecule has 13 heavy (non-hydrogen) atoms. The van der Waals surface area contributed by atoms with Gasteiger partial charge in [0.1, 0.15) is 6.61 Å². The van der Waals surface area contributed by atoms with Crippen LogP contribution in [-0.2, 0) is 14.3 Å². The Bertz CT molecular complexity index is 153. The van der Waals surface area contributed by atoms with E-state index in [-0.39, 0.29) is 12.5 Å². The molecule has 1 aliphatic rings. The molecule has 1 fully saturated rings. The van der Waals surface area contributed by atoms with Gasteiger partial charge in [0.25, 0.3) is 0 Å². The summed E-state index contributed by atoms with van der Waals surface area (Å²) in [5, 5.41) is 0. The number of hydrogen-bond acceptors (Lipinski definition) is 3. The summed E-state index contributed by atoms with van der Waals surface area (Å²) >= 11 is 0. The van der Waals surface area contributed by atoms with Crippen LogP contribution in [-0.4, -0.2) is 50.3 Å². The first-order valence-electron chi connectivity index (χ1n) is 4.78. The van der Waals surface area contributed by atoms with Crippen LogP contribution in [0.25, 0.3) is 0 Å². The maximum absolute atomic E-state index is 11.5. The van der Waals surface area contributed by atoms with E-state index in [0.717, 1.165) is 19.6 Å². The fourth-order valence-corrected chi connectivity index (χ4v) is 1.28. The molecule has 0 N–H and O–H groups in total. The average Bonchev–Trinajstić information content (AvgIpc) is 2.42. The average molecular weight is 187 g/mol. The molecule has 0 aromatic carbocycles. The van der Waals surface area contributed by atoms with Crippen LogP contribution in [0, 0.1) is 0 Å². The maximum atomic E-state index is 11.5. The molecule has 4 heteroatoms. The maximum Gasteiger partial charge on any atom is 0.248 e. The van der Waals surface area contributed by atoms with E-state index < -0.39 is 0 Å². The molecule has 0 atom stereocenters. The topological polar surface area (TPSA) is 38.8 Å². The molecule has 0 unspecified atom stereocenters. The second kappa shape index (κ2) is 5.94. The van der Waals surface area contributed by atoms with Crippen LogP contribution in [0.1, 0.15) is 13.3 Å². The van der Waals surface area contributed by atoms with E-state index >= 15 is 0 Å². The van der Waals surface area contributed by atoms with Crippen molar-refractivity contribution in [1.29, 1.82) is 0 Å². The first kappa shape index (κ1) is 10.5. The minimum atomic E-state index is 0.0763. The second-order valence-electron chi connectivity index (χ2n) is 2.98. The Hall–Kier alpha value is -0.610. The molecule has 1 aliphatic heterocycles. The standard InChI is InChI=1S/C9H17NO3/c1-2-12-8-9(11)10-4-3-6-13-7-5-10/h2-8H2,1H3. The van der Waals surface area contributed by atoms with Gasteiger partial charge in [-0.3, -0.25) is 4.79 Å². The van der Waals surface area contributed by atoms with Gasteiger partial charge in [-0.25, -0.2) is 0 Å². The zero-order chi connectivity index (χ0) is 9.52. The Kier molecular flexibility index (Phi) is 4.78. The first-order valence-corrected chi connectivity index (χ1v) is 4.78. The summed E-state index contributed by atoms with van der Waals surface area (Å²) in [6.45, 7) is 5.60. The molecular formula is C9H17NO3. The smallest absolute Gasteiger partial charge is 0.248 e. The van der Waals surface area contributed by atoms with Crippen molar-refractivity contribution in [2.24, 2.45) is 0 Å². The van der Waals surface area contributed by atoms with Crippen LogP contribution in [0.4, 0.5) is 0 Å². The zero-order valence-electron chi connectivity index (χ0n) is 8.12. The highest BCUT2D eigenvalue weighted by atomic mass is 16.5. The Morgan fingerprint density at radius 3 is 3.08 bits per heavy atom. The summed E-state index contributed by atoms with van der Waals surface area (Å²) in [7, 11) is 0. The largest absolute Gasteiger partial charge is 0.380 e. The Labute approximate surface area is 78.8 Å². The van der Waals surface area contributed by atoms with Gasteiger partial charge in [-0.2, -0.15) is 0 Å². The van der Waals surface area contributed by atoms with Gasteiger partial charge in [0, 0.05) is 26.3 Å². The third-order valence-corrected chi connectivity index (χ3v) is 2.00. The van der Waals surface area contributed by atoms with Gasteiger partial charge < -0.3 is 14.4 Å². The van der Waals surface area contributed by atoms with Crippen molar-refractivity contribution in [1.82, 2.24) is 4.90 Å². The fourth-order valence-electron chi connectivity index (χ4n) is 1.28. The third kappa shape index (κ3) is 3.74. The molecule has 0 aliphatic carbocycles. The van der Waals surface area contributed by atoms with E-state index in [1.54, 1.807) is 0 Å². The first-order chi connectivity index (χ1) is 6.34. The lowest BCUT2D eigenvalue weighted by atomic mass is 10.4. The van der Waals surface area contributed by atoms with E-state index in [1.165, 1.54) is 0 Å². The van der Waals surface area contributed by atoms with E-state index in [9.17, 15) is 4.79 Å². The van der Waals surface area contributed by atoms with Gasteiger partial charge in [0.2, 0.25) is 5.91 Å². The molecule has 0 bridgehead atoms. The molecule has 0 saturated carbocycles. The molecule has 1 rings (SSSR count). The highest BCUT2D eigenvalue weighted by Gasteiger charge is 2.14. The van der Waals surface area contributed by atoms with Crippen molar-refractivity contribution in [2.45, 2.75) is 13.3 Å². The second-order valence-corrected chi connectivity index (χ2v) is 2.98. The Morgan fingerprint density at radius 2 is 2.31 bits per heavy atom. The van der Waals surface area contributed by atoms with Gasteiger partial charge >= 0.3 is 0 Å². The molecule has 1 amide bonds. The minimum absolute atomic E-state index is 0.0763. The van der Waals surface area contributed by atoms with Crippen molar-refractivity contribution in [3.8, 4) is 0 Å². The number of nitrogens with zero attached hydrogens (tertiary/aromatic N) is 1. The van der Waals surface area contributed by atoms with Gasteiger partial charge in [0.05, 0.1) is 6.61 Å². The van der Waals surface area contributed by atoms with Crippen LogP contribution in [0.2, 0.25) is 0 Å². The quantitative estimate of drug-likeness (QED) is 0.636. The van der Waals surface area contributed by atoms with E-state index in [0.29, 0.717) is 19.8 Å². The number of hydrogen-bond donors (Lipinski definition) is 0. The SMILES string of the molecule is CCOCC(=O)N1CCCOCC1. The molecule has 1 heterocycles. The van der Waals surface area contributed by atoms with Crippen molar-refractivity contribution in [3.63, 3.8) is 0 Å². The number of carbonyl (C=O) groups is 1. The normalized spacial score (nSPS) is 18.4. The van der Waals surface area contributed by atoms with Gasteiger partial charge in [-0.15, -0.1) is 0 Å². The predicted octanol–water partition coefficient (Wildman–Crippen LogP) is 0.272. The highest BCUT2D eigenvalue weighted by Crippen LogP contribution is 1.99. The summed E-state index contributed by atoms with van der Waals surface area (Å²) in [4.78, 5) is 13.3. The van der Waals surface area contributed by atoms with Crippen molar-refractivity contribution in [2.75, 3.05) is 39.5 Å². The summed E-state index contributed by atoms with van der Waals surface area (Å²) in [6.07, 6.45) is 0.928. The van der Waals surface area contributed by atoms with Crippen molar-refractivity contribution >= 4 is 5.91 Å². The molecule has 76 valence electrons. The Balaban J connectivity index is 2.26. The highest BCUT2D eigenvalue weighted by molar-refractivity contribution is 5.77. The molecule has 0 spiro atoms. The molecule has 1 saturated heterocycles. The van der Waals surface area contributed by atoms with E-state index in [2.05, 4.69) is 0 Å². The molecular weight excluding hydrogens is 170 g/mol. The van der Waals surface area contributed by atoms with E-state index in [4.69, 9.17) is 9.47 Å². The number of ether oxygens (including phenoxy) is 2. The molecule has 0 aromatic heterocycles. The predicted molar refractivity (Wildman–Crippen MR) is 48.5 cm³/mol. The summed E-state index contributed by atoms with van der Waals surface area (Å²) in [5.41, 5.74) is 0. The van der Waals surface area contributed by atoms with Gasteiger partial charge in [-0.05, 0) is 13.3 Å². The van der Waals surface area contributed by atoms with Crippen LogP contribution < -0.4 is 0 Å². The van der Waals surface area contributed by atoms with Gasteiger partial charge in [0.15, 0.2) is 0 Å². The minimum Gasteiger partial charge on any atom is -0.380 e. The molecule has 0 aromatic rings. The van der Waals surface area contributed by atoms with Crippen molar-refractivity contribution in [3.05, 3.63) is 0 Å². The van der Waals surface area contributed by atoms with Crippen LogP contribution >= 0.6 is 0 Å². The summed E-state index contributed by atoms with van der Waals surface area (Å²) in [5.74, 6) is 0.0763. The van der Waals surface area contributed by atoms with Crippen LogP contribution in [0.5, 0.6) is 0 Å². The lowest BCUT2D eigenvalue weighted by molar-refractivity contribution is -0.136. The van der Waals surface area contributed by atoms with Gasteiger partial charge in [-0.1, -0.05) is 0 Å². The van der Waals surface area contributed by atoms with Crippen LogP contribution in [0.15, 0.2) is 0 Å². The third-order valence-electron chi connectivity index (χ3n) is 2.00. The zero-order valence-corrected chi connectivity index (χ0v) is 8.12. The number of carbonyl (C=O) groups excluding carboxylic acids is 1. The van der Waals surface area contributed by atoms with Crippen molar-refractivity contribution < 1.29 is 14.3 Å². The summed E-state index contributed by atoms with van der Waals surface area (Å²) in [6, 6.07) is 0. The Morgan fingerprint density at radius 1 is 1.46 bits per heavy atom.